The van der Waals surface area contributed by atoms with Gasteiger partial charge in [-0.05, 0) is 49.3 Å². The zero-order valence-electron chi connectivity index (χ0n) is 15.2. The molecule has 0 fully saturated rings. The fourth-order valence-electron chi connectivity index (χ4n) is 2.29. The number of benzene rings is 1. The number of nitrogens with one attached hydrogen (secondary N) is 2. The van der Waals surface area contributed by atoms with E-state index in [1.165, 1.54) is 6.07 Å². The van der Waals surface area contributed by atoms with Gasteiger partial charge in [0.05, 0.1) is 12.1 Å². The van der Waals surface area contributed by atoms with Crippen LogP contribution in [-0.4, -0.2) is 36.0 Å². The summed E-state index contributed by atoms with van der Waals surface area (Å²) in [7, 11) is 0. The summed E-state index contributed by atoms with van der Waals surface area (Å²) in [5, 5.41) is 16.8. The van der Waals surface area contributed by atoms with Crippen LogP contribution in [0.1, 0.15) is 44.7 Å². The Morgan fingerprint density at radius 2 is 1.92 bits per heavy atom. The van der Waals surface area contributed by atoms with Crippen LogP contribution in [0.25, 0.3) is 0 Å². The Morgan fingerprint density at radius 3 is 2.50 bits per heavy atom. The van der Waals surface area contributed by atoms with E-state index < -0.39 is 5.60 Å². The van der Waals surface area contributed by atoms with Crippen molar-refractivity contribution in [1.29, 1.82) is 0 Å². The van der Waals surface area contributed by atoms with Gasteiger partial charge in [-0.25, -0.2) is 9.38 Å². The SMILES string of the molecule is CCNC(=NCc1ccc(F)cc1CSC)NCC(O)(CC)CC. The van der Waals surface area contributed by atoms with Gasteiger partial charge in [0.1, 0.15) is 5.82 Å². The summed E-state index contributed by atoms with van der Waals surface area (Å²) >= 11 is 1.66. The summed E-state index contributed by atoms with van der Waals surface area (Å²) in [6.45, 7) is 7.61. The molecule has 3 N–H and O–H groups in total. The highest BCUT2D eigenvalue weighted by Crippen LogP contribution is 2.17. The van der Waals surface area contributed by atoms with Crippen LogP contribution in [0, 0.1) is 5.82 Å². The summed E-state index contributed by atoms with van der Waals surface area (Å²) in [5.41, 5.74) is 1.26. The van der Waals surface area contributed by atoms with Crippen LogP contribution in [-0.2, 0) is 12.3 Å². The summed E-state index contributed by atoms with van der Waals surface area (Å²) in [5.74, 6) is 1.21. The van der Waals surface area contributed by atoms with E-state index in [0.29, 0.717) is 31.9 Å². The molecule has 0 unspecified atom stereocenters. The molecule has 0 spiro atoms. The monoisotopic (exact) mass is 355 g/mol. The number of hydrogen-bond acceptors (Lipinski definition) is 3. The van der Waals surface area contributed by atoms with E-state index in [1.54, 1.807) is 23.9 Å². The lowest BCUT2D eigenvalue weighted by Crippen LogP contribution is -2.46. The maximum Gasteiger partial charge on any atom is 0.191 e. The number of thioether (sulfide) groups is 1. The number of nitrogens with zero attached hydrogens (tertiary/aromatic N) is 1. The molecule has 0 heterocycles. The van der Waals surface area contributed by atoms with Crippen molar-refractivity contribution in [3.05, 3.63) is 35.1 Å². The maximum absolute atomic E-state index is 13.4. The van der Waals surface area contributed by atoms with E-state index in [-0.39, 0.29) is 5.82 Å². The van der Waals surface area contributed by atoms with Crippen molar-refractivity contribution in [3.63, 3.8) is 0 Å². The van der Waals surface area contributed by atoms with Crippen LogP contribution >= 0.6 is 11.8 Å². The van der Waals surface area contributed by atoms with Gasteiger partial charge in [-0.1, -0.05) is 19.9 Å². The van der Waals surface area contributed by atoms with Gasteiger partial charge in [0.2, 0.25) is 0 Å². The largest absolute Gasteiger partial charge is 0.388 e. The smallest absolute Gasteiger partial charge is 0.191 e. The van der Waals surface area contributed by atoms with E-state index in [4.69, 9.17) is 0 Å². The topological polar surface area (TPSA) is 56.7 Å². The Morgan fingerprint density at radius 1 is 1.21 bits per heavy atom. The van der Waals surface area contributed by atoms with Crippen molar-refractivity contribution in [3.8, 4) is 0 Å². The molecule has 0 bridgehead atoms. The zero-order valence-corrected chi connectivity index (χ0v) is 16.0. The fraction of sp³-hybridized carbons (Fsp3) is 0.611. The second kappa shape index (κ2) is 10.6. The molecule has 0 aliphatic heterocycles. The predicted octanol–water partition coefficient (Wildman–Crippen LogP) is 3.29. The molecule has 1 aromatic rings. The summed E-state index contributed by atoms with van der Waals surface area (Å²) in [6.07, 6.45) is 3.37. The Hall–Kier alpha value is -1.27. The third kappa shape index (κ3) is 6.69. The molecule has 0 aromatic heterocycles. The van der Waals surface area contributed by atoms with Gasteiger partial charge in [-0.3, -0.25) is 0 Å². The number of halogens is 1. The second-order valence-corrected chi connectivity index (χ2v) is 6.69. The molecular formula is C18H30FN3OS. The molecule has 1 aromatic carbocycles. The van der Waals surface area contributed by atoms with Crippen LogP contribution in [0.15, 0.2) is 23.2 Å². The minimum absolute atomic E-state index is 0.215. The molecule has 0 atom stereocenters. The second-order valence-electron chi connectivity index (χ2n) is 5.83. The van der Waals surface area contributed by atoms with Gasteiger partial charge in [0.25, 0.3) is 0 Å². The number of rotatable bonds is 9. The molecule has 0 radical (unpaired) electrons. The van der Waals surface area contributed by atoms with Gasteiger partial charge in [-0.2, -0.15) is 11.8 Å². The van der Waals surface area contributed by atoms with Gasteiger partial charge in [-0.15, -0.1) is 0 Å². The molecule has 4 nitrogen and oxygen atoms in total. The third-order valence-electron chi connectivity index (χ3n) is 4.12. The molecule has 6 heteroatoms. The van der Waals surface area contributed by atoms with Crippen LogP contribution < -0.4 is 10.6 Å². The molecule has 0 aliphatic carbocycles. The highest BCUT2D eigenvalue weighted by molar-refractivity contribution is 7.97. The van der Waals surface area contributed by atoms with Crippen molar-refractivity contribution >= 4 is 17.7 Å². The Bertz CT molecular complexity index is 533. The average Bonchev–Trinajstić information content (AvgIpc) is 2.58. The van der Waals surface area contributed by atoms with Crippen LogP contribution in [0.5, 0.6) is 0 Å². The Labute approximate surface area is 149 Å². The lowest BCUT2D eigenvalue weighted by molar-refractivity contribution is 0.0367. The average molecular weight is 356 g/mol. The molecule has 0 aliphatic rings. The molecule has 0 saturated carbocycles. The Kier molecular flexibility index (Phi) is 9.14. The predicted molar refractivity (Wildman–Crippen MR) is 102 cm³/mol. The van der Waals surface area contributed by atoms with E-state index in [9.17, 15) is 9.50 Å². The maximum atomic E-state index is 13.4. The fourth-order valence-corrected chi connectivity index (χ4v) is 2.87. The molecule has 0 amide bonds. The highest BCUT2D eigenvalue weighted by Gasteiger charge is 2.22. The molecule has 1 rings (SSSR count). The summed E-state index contributed by atoms with van der Waals surface area (Å²) < 4.78 is 13.4. The van der Waals surface area contributed by atoms with E-state index in [0.717, 1.165) is 23.4 Å². The molecular weight excluding hydrogens is 325 g/mol. The van der Waals surface area contributed by atoms with E-state index in [1.807, 2.05) is 27.0 Å². The van der Waals surface area contributed by atoms with Crippen LogP contribution in [0.3, 0.4) is 0 Å². The van der Waals surface area contributed by atoms with E-state index in [2.05, 4.69) is 15.6 Å². The van der Waals surface area contributed by atoms with Crippen molar-refractivity contribution in [2.24, 2.45) is 4.99 Å². The van der Waals surface area contributed by atoms with Gasteiger partial charge in [0.15, 0.2) is 5.96 Å². The first-order valence-corrected chi connectivity index (χ1v) is 9.88. The normalized spacial score (nSPS) is 12.3. The van der Waals surface area contributed by atoms with Gasteiger partial charge in [0, 0.05) is 18.8 Å². The van der Waals surface area contributed by atoms with Crippen molar-refractivity contribution in [1.82, 2.24) is 10.6 Å². The van der Waals surface area contributed by atoms with E-state index >= 15 is 0 Å². The van der Waals surface area contributed by atoms with Gasteiger partial charge < -0.3 is 15.7 Å². The first kappa shape index (κ1) is 20.8. The van der Waals surface area contributed by atoms with Crippen LogP contribution in [0.2, 0.25) is 0 Å². The lowest BCUT2D eigenvalue weighted by Gasteiger charge is -2.26. The van der Waals surface area contributed by atoms with Gasteiger partial charge >= 0.3 is 0 Å². The first-order valence-electron chi connectivity index (χ1n) is 8.48. The lowest BCUT2D eigenvalue weighted by atomic mass is 9.98. The summed E-state index contributed by atoms with van der Waals surface area (Å²) in [4.78, 5) is 4.58. The summed E-state index contributed by atoms with van der Waals surface area (Å²) in [6, 6.07) is 4.85. The zero-order chi connectivity index (χ0) is 18.0. The van der Waals surface area contributed by atoms with Crippen molar-refractivity contribution < 1.29 is 9.50 Å². The highest BCUT2D eigenvalue weighted by atomic mass is 32.2. The first-order chi connectivity index (χ1) is 11.5. The molecule has 24 heavy (non-hydrogen) atoms. The third-order valence-corrected chi connectivity index (χ3v) is 4.72. The Balaban J connectivity index is 2.82. The van der Waals surface area contributed by atoms with Crippen molar-refractivity contribution in [2.75, 3.05) is 19.3 Å². The number of guanidine groups is 1. The van der Waals surface area contributed by atoms with Crippen LogP contribution in [0.4, 0.5) is 4.39 Å². The number of hydrogen-bond donors (Lipinski definition) is 3. The molecule has 0 saturated heterocycles. The number of aliphatic imine (C=N–C) groups is 1. The standard InChI is InChI=1S/C18H30FN3OS/c1-5-18(23,6-2)13-22-17(20-7-3)21-11-14-8-9-16(19)10-15(14)12-24-4/h8-10,23H,5-7,11-13H2,1-4H3,(H2,20,21,22). The minimum Gasteiger partial charge on any atom is -0.388 e. The quantitative estimate of drug-likeness (QED) is 0.470. The minimum atomic E-state index is -0.726. The van der Waals surface area contributed by atoms with Crippen molar-refractivity contribution in [2.45, 2.75) is 51.5 Å². The molecule has 136 valence electrons. The number of aliphatic hydroxyl groups is 1.